The first kappa shape index (κ1) is 30.0. The van der Waals surface area contributed by atoms with Crippen LogP contribution in [0.5, 0.6) is 5.75 Å². The number of benzene rings is 1. The summed E-state index contributed by atoms with van der Waals surface area (Å²) in [6.07, 6.45) is 20.2. The molecule has 33 heavy (non-hydrogen) atoms. The Bertz CT molecular complexity index is 715. The van der Waals surface area contributed by atoms with Gasteiger partial charge in [-0.2, -0.15) is 8.42 Å². The van der Waals surface area contributed by atoms with Gasteiger partial charge in [-0.05, 0) is 49.3 Å². The monoisotopic (exact) mass is 482 g/mol. The van der Waals surface area contributed by atoms with Crippen molar-refractivity contribution in [1.82, 2.24) is 0 Å². The predicted octanol–water partition coefficient (Wildman–Crippen LogP) is 8.32. The lowest BCUT2D eigenvalue weighted by molar-refractivity contribution is 0.299. The highest BCUT2D eigenvalue weighted by molar-refractivity contribution is 7.86. The van der Waals surface area contributed by atoms with E-state index in [9.17, 15) is 13.0 Å². The third-order valence-electron chi connectivity index (χ3n) is 6.55. The molecule has 192 valence electrons. The van der Waals surface area contributed by atoms with Crippen LogP contribution in [-0.2, 0) is 23.0 Å². The number of ether oxygens (including phenoxy) is 1. The fraction of sp³-hybridized carbons (Fsp3) is 0.786. The van der Waals surface area contributed by atoms with Gasteiger partial charge in [0.05, 0.1) is 0 Å². The number of aryl methyl sites for hydroxylation is 2. The lowest BCUT2D eigenvalue weighted by atomic mass is 9.99. The Kier molecular flexibility index (Phi) is 16.6. The number of hydrogen-bond acceptors (Lipinski definition) is 3. The molecule has 1 rings (SSSR count). The van der Waals surface area contributed by atoms with Crippen LogP contribution >= 0.6 is 0 Å². The minimum absolute atomic E-state index is 0.000231. The van der Waals surface area contributed by atoms with E-state index in [0.29, 0.717) is 6.42 Å². The van der Waals surface area contributed by atoms with Crippen LogP contribution in [0.3, 0.4) is 0 Å². The molecule has 0 aliphatic carbocycles. The summed E-state index contributed by atoms with van der Waals surface area (Å²) in [5.74, 6) is 0.795. The van der Waals surface area contributed by atoms with Gasteiger partial charge in [0.25, 0.3) is 10.1 Å². The first-order valence-corrected chi connectivity index (χ1v) is 15.1. The molecular formula is C28H50O4S. The molecule has 0 aliphatic rings. The van der Waals surface area contributed by atoms with Gasteiger partial charge >= 0.3 is 0 Å². The summed E-state index contributed by atoms with van der Waals surface area (Å²) in [6.45, 7) is 6.25. The molecule has 0 bridgehead atoms. The Labute approximate surface area is 204 Å². The Hall–Kier alpha value is -1.07. The number of rotatable bonds is 21. The molecule has 1 N–H and O–H groups in total. The molecule has 1 unspecified atom stereocenters. The summed E-state index contributed by atoms with van der Waals surface area (Å²) in [6, 6.07) is 6.47. The molecule has 1 aromatic carbocycles. The Morgan fingerprint density at radius 3 is 1.79 bits per heavy atom. The molecule has 0 spiro atoms. The third kappa shape index (κ3) is 14.0. The van der Waals surface area contributed by atoms with Crippen molar-refractivity contribution >= 4 is 10.1 Å². The van der Waals surface area contributed by atoms with E-state index in [-0.39, 0.29) is 6.61 Å². The first-order valence-electron chi connectivity index (χ1n) is 13.6. The van der Waals surface area contributed by atoms with Crippen molar-refractivity contribution < 1.29 is 17.7 Å². The van der Waals surface area contributed by atoms with E-state index in [1.165, 1.54) is 89.0 Å². The van der Waals surface area contributed by atoms with Gasteiger partial charge in [-0.25, -0.2) is 0 Å². The lowest BCUT2D eigenvalue weighted by Gasteiger charge is -2.17. The van der Waals surface area contributed by atoms with Crippen molar-refractivity contribution in [2.24, 2.45) is 0 Å². The maximum atomic E-state index is 11.6. The first-order chi connectivity index (χ1) is 15.9. The van der Waals surface area contributed by atoms with Crippen LogP contribution in [0.2, 0.25) is 0 Å². The minimum atomic E-state index is -4.09. The predicted molar refractivity (Wildman–Crippen MR) is 141 cm³/mol. The number of unbranched alkanes of at least 4 members (excludes halogenated alkanes) is 12. The van der Waals surface area contributed by atoms with Gasteiger partial charge in [-0.3, -0.25) is 4.55 Å². The average Bonchev–Trinajstić information content (AvgIpc) is 2.78. The summed E-state index contributed by atoms with van der Waals surface area (Å²) in [7, 11) is -4.09. The minimum Gasteiger partial charge on any atom is -0.492 e. The van der Waals surface area contributed by atoms with Crippen molar-refractivity contribution in [3.63, 3.8) is 0 Å². The lowest BCUT2D eigenvalue weighted by Crippen LogP contribution is -2.27. The van der Waals surface area contributed by atoms with Gasteiger partial charge < -0.3 is 4.74 Å². The summed E-state index contributed by atoms with van der Waals surface area (Å²) >= 11 is 0. The van der Waals surface area contributed by atoms with Crippen LogP contribution in [0.25, 0.3) is 0 Å². The molecule has 0 fully saturated rings. The molecule has 0 saturated carbocycles. The van der Waals surface area contributed by atoms with Crippen LogP contribution in [0.1, 0.15) is 128 Å². The zero-order valence-corrected chi connectivity index (χ0v) is 22.4. The van der Waals surface area contributed by atoms with Gasteiger partial charge in [-0.15, -0.1) is 0 Å². The molecule has 0 heterocycles. The highest BCUT2D eigenvalue weighted by Crippen LogP contribution is 2.25. The zero-order chi connectivity index (χ0) is 24.4. The maximum absolute atomic E-state index is 11.6. The van der Waals surface area contributed by atoms with Crippen LogP contribution in [0, 0.1) is 0 Å². The second-order valence-electron chi connectivity index (χ2n) is 9.54. The van der Waals surface area contributed by atoms with Crippen LogP contribution in [0.15, 0.2) is 18.2 Å². The molecule has 0 aromatic heterocycles. The fourth-order valence-electron chi connectivity index (χ4n) is 4.25. The van der Waals surface area contributed by atoms with Crippen molar-refractivity contribution in [3.05, 3.63) is 29.3 Å². The highest BCUT2D eigenvalue weighted by Gasteiger charge is 2.22. The third-order valence-corrected chi connectivity index (χ3v) is 7.86. The molecule has 4 nitrogen and oxygen atoms in total. The van der Waals surface area contributed by atoms with Crippen LogP contribution in [-0.4, -0.2) is 24.8 Å². The van der Waals surface area contributed by atoms with Gasteiger partial charge in [0.15, 0.2) is 0 Å². The van der Waals surface area contributed by atoms with E-state index < -0.39 is 15.4 Å². The maximum Gasteiger partial charge on any atom is 0.271 e. The molecule has 0 amide bonds. The van der Waals surface area contributed by atoms with Gasteiger partial charge in [-0.1, -0.05) is 110 Å². The van der Waals surface area contributed by atoms with E-state index in [2.05, 4.69) is 32.0 Å². The zero-order valence-electron chi connectivity index (χ0n) is 21.6. The number of hydrogen-bond donors (Lipinski definition) is 1. The van der Waals surface area contributed by atoms with E-state index in [1.54, 1.807) is 6.92 Å². The molecule has 5 heteroatoms. The standard InChI is InChI=1S/C28H50O4S/c1-4-7-9-11-13-15-17-19-25-21-22-26(20-18-16-14-12-10-8-5-2)28(23-25)32-24-27(6-3)33(29,30)31/h21-23,27H,4-20,24H2,1-3H3,(H,29,30,31). The second kappa shape index (κ2) is 18.3. The van der Waals surface area contributed by atoms with Crippen molar-refractivity contribution in [2.75, 3.05) is 6.61 Å². The molecule has 0 aliphatic heterocycles. The van der Waals surface area contributed by atoms with Crippen molar-refractivity contribution in [2.45, 2.75) is 135 Å². The topological polar surface area (TPSA) is 63.6 Å². The summed E-state index contributed by atoms with van der Waals surface area (Å²) < 4.78 is 38.7. The Balaban J connectivity index is 2.65. The fourth-order valence-corrected chi connectivity index (χ4v) is 4.91. The molecular weight excluding hydrogens is 432 g/mol. The molecule has 1 aromatic rings. The summed E-state index contributed by atoms with van der Waals surface area (Å²) in [5.41, 5.74) is 2.40. The SMILES string of the molecule is CCCCCCCCCc1ccc(CCCCCCCCC)c(OCC(CC)S(=O)(=O)O)c1. The average molecular weight is 483 g/mol. The normalized spacial score (nSPS) is 12.7. The molecule has 0 radical (unpaired) electrons. The van der Waals surface area contributed by atoms with Gasteiger partial charge in [0.2, 0.25) is 0 Å². The Morgan fingerprint density at radius 1 is 0.758 bits per heavy atom. The highest BCUT2D eigenvalue weighted by atomic mass is 32.2. The summed E-state index contributed by atoms with van der Waals surface area (Å²) in [4.78, 5) is 0. The van der Waals surface area contributed by atoms with Crippen molar-refractivity contribution in [3.8, 4) is 5.75 Å². The van der Waals surface area contributed by atoms with E-state index in [4.69, 9.17) is 4.74 Å². The summed E-state index contributed by atoms with van der Waals surface area (Å²) in [5, 5.41) is -0.879. The van der Waals surface area contributed by atoms with Crippen LogP contribution in [0.4, 0.5) is 0 Å². The quantitative estimate of drug-likeness (QED) is 0.141. The van der Waals surface area contributed by atoms with E-state index in [0.717, 1.165) is 30.6 Å². The molecule has 1 atom stereocenters. The second-order valence-corrected chi connectivity index (χ2v) is 11.2. The van der Waals surface area contributed by atoms with Crippen molar-refractivity contribution in [1.29, 1.82) is 0 Å². The van der Waals surface area contributed by atoms with E-state index >= 15 is 0 Å². The van der Waals surface area contributed by atoms with Crippen LogP contribution < -0.4 is 4.74 Å². The molecule has 0 saturated heterocycles. The Morgan fingerprint density at radius 2 is 1.27 bits per heavy atom. The van der Waals surface area contributed by atoms with Gasteiger partial charge in [0, 0.05) is 0 Å². The smallest absolute Gasteiger partial charge is 0.271 e. The largest absolute Gasteiger partial charge is 0.492 e. The van der Waals surface area contributed by atoms with E-state index in [1.807, 2.05) is 0 Å². The van der Waals surface area contributed by atoms with Gasteiger partial charge in [0.1, 0.15) is 17.6 Å².